The molecular formula is C9H19FN2. The monoisotopic (exact) mass is 174 g/mol. The van der Waals surface area contributed by atoms with Crippen molar-refractivity contribution in [1.29, 1.82) is 0 Å². The summed E-state index contributed by atoms with van der Waals surface area (Å²) in [6.45, 7) is 3.80. The van der Waals surface area contributed by atoms with Crippen LogP contribution in [0.3, 0.4) is 0 Å². The van der Waals surface area contributed by atoms with Gasteiger partial charge >= 0.3 is 0 Å². The smallest absolute Gasteiger partial charge is 0.0906 e. The van der Waals surface area contributed by atoms with Gasteiger partial charge in [0.25, 0.3) is 0 Å². The quantitative estimate of drug-likeness (QED) is 0.695. The Bertz CT molecular complexity index is 130. The molecule has 1 saturated heterocycles. The van der Waals surface area contributed by atoms with Gasteiger partial charge in [-0.3, -0.25) is 9.29 Å². The van der Waals surface area contributed by atoms with Crippen molar-refractivity contribution in [3.63, 3.8) is 0 Å². The standard InChI is InChI=1S/C9H19FN2/c1-8-3-4-9(11)7-12(8)6-2-5-10/h8-9H,2-7,11H2,1H3. The van der Waals surface area contributed by atoms with Crippen LogP contribution in [0.4, 0.5) is 4.39 Å². The Kier molecular flexibility index (Phi) is 3.95. The second-order valence-corrected chi connectivity index (χ2v) is 3.72. The molecule has 0 aromatic rings. The Hall–Kier alpha value is -0.150. The first-order valence-corrected chi connectivity index (χ1v) is 4.79. The van der Waals surface area contributed by atoms with Crippen LogP contribution in [-0.2, 0) is 0 Å². The molecule has 1 rings (SSSR count). The molecule has 2 N–H and O–H groups in total. The summed E-state index contributed by atoms with van der Waals surface area (Å²) in [5, 5.41) is 0. The maximum absolute atomic E-state index is 11.9. The lowest BCUT2D eigenvalue weighted by Gasteiger charge is -2.36. The lowest BCUT2D eigenvalue weighted by molar-refractivity contribution is 0.140. The van der Waals surface area contributed by atoms with E-state index in [2.05, 4.69) is 11.8 Å². The van der Waals surface area contributed by atoms with Crippen molar-refractivity contribution in [1.82, 2.24) is 4.90 Å². The predicted molar refractivity (Wildman–Crippen MR) is 48.8 cm³/mol. The summed E-state index contributed by atoms with van der Waals surface area (Å²) in [6, 6.07) is 0.900. The molecule has 1 fully saturated rings. The zero-order valence-electron chi connectivity index (χ0n) is 7.80. The van der Waals surface area contributed by atoms with Crippen LogP contribution < -0.4 is 5.73 Å². The SMILES string of the molecule is CC1CCC(N)CN1CCCF. The lowest BCUT2D eigenvalue weighted by Crippen LogP contribution is -2.47. The molecule has 0 saturated carbocycles. The fraction of sp³-hybridized carbons (Fsp3) is 1.00. The molecule has 2 nitrogen and oxygen atoms in total. The molecular weight excluding hydrogens is 155 g/mol. The number of alkyl halides is 1. The third-order valence-corrected chi connectivity index (χ3v) is 2.63. The van der Waals surface area contributed by atoms with E-state index in [4.69, 9.17) is 5.73 Å². The van der Waals surface area contributed by atoms with Crippen molar-refractivity contribution in [2.75, 3.05) is 19.8 Å². The van der Waals surface area contributed by atoms with E-state index in [1.165, 1.54) is 0 Å². The number of hydrogen-bond donors (Lipinski definition) is 1. The Morgan fingerprint density at radius 1 is 1.50 bits per heavy atom. The van der Waals surface area contributed by atoms with Gasteiger partial charge in [-0.2, -0.15) is 0 Å². The molecule has 0 spiro atoms. The van der Waals surface area contributed by atoms with Gasteiger partial charge in [0, 0.05) is 25.2 Å². The third-order valence-electron chi connectivity index (χ3n) is 2.63. The second kappa shape index (κ2) is 4.77. The largest absolute Gasteiger partial charge is 0.327 e. The zero-order valence-corrected chi connectivity index (χ0v) is 7.80. The summed E-state index contributed by atoms with van der Waals surface area (Å²) in [5.74, 6) is 0. The first kappa shape index (κ1) is 9.93. The van der Waals surface area contributed by atoms with Crippen LogP contribution in [0.25, 0.3) is 0 Å². The van der Waals surface area contributed by atoms with Gasteiger partial charge in [0.2, 0.25) is 0 Å². The highest BCUT2D eigenvalue weighted by Crippen LogP contribution is 2.15. The number of likely N-dealkylation sites (tertiary alicyclic amines) is 1. The summed E-state index contributed by atoms with van der Waals surface area (Å²) < 4.78 is 11.9. The first-order valence-electron chi connectivity index (χ1n) is 4.79. The highest BCUT2D eigenvalue weighted by molar-refractivity contribution is 4.80. The fourth-order valence-corrected chi connectivity index (χ4v) is 1.78. The van der Waals surface area contributed by atoms with Crippen molar-refractivity contribution in [3.05, 3.63) is 0 Å². The van der Waals surface area contributed by atoms with Crippen LogP contribution in [-0.4, -0.2) is 36.7 Å². The Balaban J connectivity index is 2.28. The van der Waals surface area contributed by atoms with Crippen molar-refractivity contribution in [3.8, 4) is 0 Å². The van der Waals surface area contributed by atoms with E-state index in [-0.39, 0.29) is 6.67 Å². The molecule has 0 aliphatic carbocycles. The predicted octanol–water partition coefficient (Wildman–Crippen LogP) is 1.16. The number of halogens is 1. The highest BCUT2D eigenvalue weighted by atomic mass is 19.1. The minimum atomic E-state index is -0.210. The van der Waals surface area contributed by atoms with E-state index < -0.39 is 0 Å². The summed E-state index contributed by atoms with van der Waals surface area (Å²) >= 11 is 0. The minimum Gasteiger partial charge on any atom is -0.327 e. The second-order valence-electron chi connectivity index (χ2n) is 3.72. The van der Waals surface area contributed by atoms with E-state index in [1.54, 1.807) is 0 Å². The molecule has 0 aromatic carbocycles. The van der Waals surface area contributed by atoms with Crippen LogP contribution in [0.2, 0.25) is 0 Å². The summed E-state index contributed by atoms with van der Waals surface area (Å²) in [5.41, 5.74) is 5.82. The summed E-state index contributed by atoms with van der Waals surface area (Å²) in [4.78, 5) is 2.30. The zero-order chi connectivity index (χ0) is 8.97. The Morgan fingerprint density at radius 2 is 2.25 bits per heavy atom. The molecule has 1 aliphatic rings. The molecule has 0 bridgehead atoms. The van der Waals surface area contributed by atoms with Crippen molar-refractivity contribution in [2.45, 2.75) is 38.3 Å². The Labute approximate surface area is 73.9 Å². The molecule has 72 valence electrons. The molecule has 1 aliphatic heterocycles. The maximum atomic E-state index is 11.9. The molecule has 0 aromatic heterocycles. The molecule has 1 heterocycles. The van der Waals surface area contributed by atoms with Crippen LogP contribution >= 0.6 is 0 Å². The van der Waals surface area contributed by atoms with Gasteiger partial charge in [-0.25, -0.2) is 0 Å². The van der Waals surface area contributed by atoms with Gasteiger partial charge < -0.3 is 5.73 Å². The molecule has 2 unspecified atom stereocenters. The van der Waals surface area contributed by atoms with Gasteiger partial charge in [-0.05, 0) is 26.2 Å². The third kappa shape index (κ3) is 2.72. The highest BCUT2D eigenvalue weighted by Gasteiger charge is 2.22. The molecule has 0 amide bonds. The average Bonchev–Trinajstić information content (AvgIpc) is 2.07. The molecule has 2 atom stereocenters. The number of piperidine rings is 1. The van der Waals surface area contributed by atoms with E-state index in [9.17, 15) is 4.39 Å². The van der Waals surface area contributed by atoms with Crippen LogP contribution in [0.15, 0.2) is 0 Å². The van der Waals surface area contributed by atoms with E-state index >= 15 is 0 Å². The van der Waals surface area contributed by atoms with Crippen LogP contribution in [0.5, 0.6) is 0 Å². The topological polar surface area (TPSA) is 29.3 Å². The van der Waals surface area contributed by atoms with Gasteiger partial charge in [-0.1, -0.05) is 0 Å². The Morgan fingerprint density at radius 3 is 2.92 bits per heavy atom. The number of rotatable bonds is 3. The van der Waals surface area contributed by atoms with E-state index in [1.807, 2.05) is 0 Å². The fourth-order valence-electron chi connectivity index (χ4n) is 1.78. The van der Waals surface area contributed by atoms with E-state index in [0.29, 0.717) is 18.5 Å². The van der Waals surface area contributed by atoms with Gasteiger partial charge in [0.05, 0.1) is 6.67 Å². The van der Waals surface area contributed by atoms with Crippen molar-refractivity contribution < 1.29 is 4.39 Å². The van der Waals surface area contributed by atoms with Crippen LogP contribution in [0.1, 0.15) is 26.2 Å². The van der Waals surface area contributed by atoms with Crippen molar-refractivity contribution in [2.24, 2.45) is 5.73 Å². The van der Waals surface area contributed by atoms with Gasteiger partial charge in [0.1, 0.15) is 0 Å². The van der Waals surface area contributed by atoms with Crippen molar-refractivity contribution >= 4 is 0 Å². The number of nitrogens with zero attached hydrogens (tertiary/aromatic N) is 1. The van der Waals surface area contributed by atoms with Gasteiger partial charge in [0.15, 0.2) is 0 Å². The molecule has 3 heteroatoms. The number of hydrogen-bond acceptors (Lipinski definition) is 2. The minimum absolute atomic E-state index is 0.210. The number of nitrogens with two attached hydrogens (primary N) is 1. The first-order chi connectivity index (χ1) is 5.74. The molecule has 0 radical (unpaired) electrons. The van der Waals surface area contributed by atoms with Gasteiger partial charge in [-0.15, -0.1) is 0 Å². The van der Waals surface area contributed by atoms with E-state index in [0.717, 1.165) is 25.9 Å². The normalized spacial score (nSPS) is 32.2. The maximum Gasteiger partial charge on any atom is 0.0906 e. The molecule has 12 heavy (non-hydrogen) atoms. The summed E-state index contributed by atoms with van der Waals surface area (Å²) in [6.07, 6.45) is 2.93. The average molecular weight is 174 g/mol. The van der Waals surface area contributed by atoms with Crippen LogP contribution in [0, 0.1) is 0 Å². The summed E-state index contributed by atoms with van der Waals surface area (Å²) in [7, 11) is 0. The lowest BCUT2D eigenvalue weighted by atomic mass is 10.00.